The number of nitrogens with two attached hydrogens (primary N) is 1. The second kappa shape index (κ2) is 5.74. The number of hydrogen-bond acceptors (Lipinski definition) is 2. The zero-order valence-electron chi connectivity index (χ0n) is 10.3. The summed E-state index contributed by atoms with van der Waals surface area (Å²) >= 11 is 5.95. The molecular formula is C14H20ClNO. The molecule has 2 N–H and O–H groups in total. The fourth-order valence-electron chi connectivity index (χ4n) is 2.44. The van der Waals surface area contributed by atoms with Crippen LogP contribution in [0.1, 0.15) is 31.2 Å². The number of hydrogen-bond donors (Lipinski definition) is 1. The van der Waals surface area contributed by atoms with E-state index in [0.717, 1.165) is 11.3 Å². The van der Waals surface area contributed by atoms with Crippen LogP contribution in [-0.2, 0) is 0 Å². The van der Waals surface area contributed by atoms with Gasteiger partial charge in [-0.15, -0.1) is 0 Å². The Labute approximate surface area is 108 Å². The Morgan fingerprint density at radius 2 is 2.12 bits per heavy atom. The summed E-state index contributed by atoms with van der Waals surface area (Å²) in [5.41, 5.74) is 7.26. The van der Waals surface area contributed by atoms with Crippen molar-refractivity contribution in [3.8, 4) is 5.75 Å². The van der Waals surface area contributed by atoms with Crippen LogP contribution in [0.15, 0.2) is 18.2 Å². The van der Waals surface area contributed by atoms with Crippen molar-refractivity contribution in [2.75, 3.05) is 6.61 Å². The van der Waals surface area contributed by atoms with Gasteiger partial charge < -0.3 is 10.5 Å². The Hall–Kier alpha value is -0.730. The van der Waals surface area contributed by atoms with Crippen molar-refractivity contribution in [2.45, 2.75) is 38.6 Å². The smallest absolute Gasteiger partial charge is 0.123 e. The van der Waals surface area contributed by atoms with Crippen molar-refractivity contribution in [2.24, 2.45) is 11.7 Å². The Bertz CT molecular complexity index is 374. The van der Waals surface area contributed by atoms with Crippen molar-refractivity contribution >= 4 is 11.6 Å². The third-order valence-electron chi connectivity index (χ3n) is 3.59. The van der Waals surface area contributed by atoms with E-state index in [0.29, 0.717) is 17.5 Å². The van der Waals surface area contributed by atoms with Crippen LogP contribution in [0.4, 0.5) is 0 Å². The average Bonchev–Trinajstić information content (AvgIpc) is 2.83. The standard InChI is InChI=1S/C14H20ClNO/c1-10-6-7-12(15)8-14(10)17-9-13(16)11-4-2-3-5-11/h6-8,11,13H,2-5,9,16H2,1H3. The van der Waals surface area contributed by atoms with Crippen LogP contribution < -0.4 is 10.5 Å². The highest BCUT2D eigenvalue weighted by molar-refractivity contribution is 6.30. The molecule has 1 saturated carbocycles. The molecule has 17 heavy (non-hydrogen) atoms. The van der Waals surface area contributed by atoms with Gasteiger partial charge in [0.15, 0.2) is 0 Å². The maximum absolute atomic E-state index is 6.16. The lowest BCUT2D eigenvalue weighted by molar-refractivity contribution is 0.246. The van der Waals surface area contributed by atoms with Gasteiger partial charge in [0.1, 0.15) is 12.4 Å². The van der Waals surface area contributed by atoms with Crippen LogP contribution >= 0.6 is 11.6 Å². The van der Waals surface area contributed by atoms with Gasteiger partial charge >= 0.3 is 0 Å². The van der Waals surface area contributed by atoms with Crippen LogP contribution in [0.3, 0.4) is 0 Å². The Morgan fingerprint density at radius 3 is 2.82 bits per heavy atom. The van der Waals surface area contributed by atoms with Gasteiger partial charge in [-0.25, -0.2) is 0 Å². The predicted octanol–water partition coefficient (Wildman–Crippen LogP) is 3.54. The van der Waals surface area contributed by atoms with Crippen molar-refractivity contribution < 1.29 is 4.74 Å². The van der Waals surface area contributed by atoms with E-state index in [9.17, 15) is 0 Å². The number of halogens is 1. The minimum absolute atomic E-state index is 0.149. The first-order valence-electron chi connectivity index (χ1n) is 6.31. The van der Waals surface area contributed by atoms with E-state index in [2.05, 4.69) is 0 Å². The van der Waals surface area contributed by atoms with Gasteiger partial charge in [-0.3, -0.25) is 0 Å². The Kier molecular flexibility index (Phi) is 4.30. The van der Waals surface area contributed by atoms with E-state index in [1.54, 1.807) is 0 Å². The number of benzene rings is 1. The molecular weight excluding hydrogens is 234 g/mol. The van der Waals surface area contributed by atoms with Gasteiger partial charge in [0.05, 0.1) is 0 Å². The molecule has 0 bridgehead atoms. The Morgan fingerprint density at radius 1 is 1.41 bits per heavy atom. The summed E-state index contributed by atoms with van der Waals surface area (Å²) in [6.45, 7) is 2.61. The minimum atomic E-state index is 0.149. The quantitative estimate of drug-likeness (QED) is 0.891. The van der Waals surface area contributed by atoms with Crippen molar-refractivity contribution in [3.05, 3.63) is 28.8 Å². The molecule has 2 nitrogen and oxygen atoms in total. The summed E-state index contributed by atoms with van der Waals surface area (Å²) in [4.78, 5) is 0. The maximum Gasteiger partial charge on any atom is 0.123 e. The highest BCUT2D eigenvalue weighted by Gasteiger charge is 2.22. The molecule has 1 aromatic carbocycles. The normalized spacial score (nSPS) is 18.3. The molecule has 1 aliphatic carbocycles. The zero-order valence-corrected chi connectivity index (χ0v) is 11.0. The number of aryl methyl sites for hydroxylation is 1. The second-order valence-electron chi connectivity index (χ2n) is 4.93. The van der Waals surface area contributed by atoms with Gasteiger partial charge in [0, 0.05) is 11.1 Å². The number of ether oxygens (including phenoxy) is 1. The number of rotatable bonds is 4. The van der Waals surface area contributed by atoms with E-state index in [1.807, 2.05) is 25.1 Å². The minimum Gasteiger partial charge on any atom is -0.492 e. The topological polar surface area (TPSA) is 35.2 Å². The first-order valence-corrected chi connectivity index (χ1v) is 6.69. The van der Waals surface area contributed by atoms with Crippen LogP contribution in [0, 0.1) is 12.8 Å². The molecule has 0 amide bonds. The molecule has 0 spiro atoms. The molecule has 0 radical (unpaired) electrons. The van der Waals surface area contributed by atoms with Crippen LogP contribution in [0.25, 0.3) is 0 Å². The second-order valence-corrected chi connectivity index (χ2v) is 5.37. The molecule has 94 valence electrons. The zero-order chi connectivity index (χ0) is 12.3. The lowest BCUT2D eigenvalue weighted by Crippen LogP contribution is -2.34. The van der Waals surface area contributed by atoms with Crippen LogP contribution in [0.5, 0.6) is 5.75 Å². The lowest BCUT2D eigenvalue weighted by Gasteiger charge is -2.20. The Balaban J connectivity index is 1.90. The fourth-order valence-corrected chi connectivity index (χ4v) is 2.60. The first-order chi connectivity index (χ1) is 8.16. The van der Waals surface area contributed by atoms with Crippen molar-refractivity contribution in [3.63, 3.8) is 0 Å². The summed E-state index contributed by atoms with van der Waals surface area (Å²) in [6, 6.07) is 5.85. The van der Waals surface area contributed by atoms with Crippen molar-refractivity contribution in [1.29, 1.82) is 0 Å². The molecule has 1 unspecified atom stereocenters. The highest BCUT2D eigenvalue weighted by Crippen LogP contribution is 2.28. The molecule has 1 aliphatic rings. The molecule has 0 saturated heterocycles. The molecule has 1 atom stereocenters. The van der Waals surface area contributed by atoms with Gasteiger partial charge in [-0.1, -0.05) is 30.5 Å². The molecule has 2 rings (SSSR count). The first kappa shape index (κ1) is 12.7. The van der Waals surface area contributed by atoms with Gasteiger partial charge in [-0.2, -0.15) is 0 Å². The summed E-state index contributed by atoms with van der Waals surface area (Å²) in [5.74, 6) is 1.49. The molecule has 3 heteroatoms. The van der Waals surface area contributed by atoms with E-state index >= 15 is 0 Å². The van der Waals surface area contributed by atoms with Gasteiger partial charge in [-0.05, 0) is 43.4 Å². The molecule has 1 fully saturated rings. The van der Waals surface area contributed by atoms with Crippen molar-refractivity contribution in [1.82, 2.24) is 0 Å². The van der Waals surface area contributed by atoms with E-state index in [4.69, 9.17) is 22.1 Å². The van der Waals surface area contributed by atoms with Gasteiger partial charge in [0.25, 0.3) is 0 Å². The summed E-state index contributed by atoms with van der Waals surface area (Å²) in [5, 5.41) is 0.708. The fraction of sp³-hybridized carbons (Fsp3) is 0.571. The summed E-state index contributed by atoms with van der Waals surface area (Å²) in [6.07, 6.45) is 5.13. The third-order valence-corrected chi connectivity index (χ3v) is 3.82. The van der Waals surface area contributed by atoms with E-state index < -0.39 is 0 Å². The largest absolute Gasteiger partial charge is 0.492 e. The SMILES string of the molecule is Cc1ccc(Cl)cc1OCC(N)C1CCCC1. The molecule has 0 heterocycles. The maximum atomic E-state index is 6.16. The molecule has 0 aromatic heterocycles. The predicted molar refractivity (Wildman–Crippen MR) is 71.6 cm³/mol. The molecule has 0 aliphatic heterocycles. The van der Waals surface area contributed by atoms with Crippen LogP contribution in [0.2, 0.25) is 5.02 Å². The van der Waals surface area contributed by atoms with Crippen LogP contribution in [-0.4, -0.2) is 12.6 Å². The molecule has 1 aromatic rings. The monoisotopic (exact) mass is 253 g/mol. The third kappa shape index (κ3) is 3.36. The lowest BCUT2D eigenvalue weighted by atomic mass is 10.00. The summed E-state index contributed by atoms with van der Waals surface area (Å²) < 4.78 is 5.78. The average molecular weight is 254 g/mol. The highest BCUT2D eigenvalue weighted by atomic mass is 35.5. The summed E-state index contributed by atoms with van der Waals surface area (Å²) in [7, 11) is 0. The van der Waals surface area contributed by atoms with E-state index in [-0.39, 0.29) is 6.04 Å². The van der Waals surface area contributed by atoms with Gasteiger partial charge in [0.2, 0.25) is 0 Å². The van der Waals surface area contributed by atoms with E-state index in [1.165, 1.54) is 25.7 Å².